The average molecular weight is 429 g/mol. The molecule has 2 N–H and O–H groups in total. The van der Waals surface area contributed by atoms with Gasteiger partial charge in [0.05, 0.1) is 7.11 Å². The fourth-order valence-corrected chi connectivity index (χ4v) is 3.81. The summed E-state index contributed by atoms with van der Waals surface area (Å²) in [6.07, 6.45) is 1.88. The highest BCUT2D eigenvalue weighted by Crippen LogP contribution is 2.27. The fraction of sp³-hybridized carbons (Fsp3) is 0.192. The van der Waals surface area contributed by atoms with Crippen LogP contribution in [0.1, 0.15) is 38.7 Å². The van der Waals surface area contributed by atoms with Crippen molar-refractivity contribution in [2.45, 2.75) is 25.9 Å². The second-order valence-electron chi connectivity index (χ2n) is 7.96. The highest BCUT2D eigenvalue weighted by molar-refractivity contribution is 5.98. The molecular weight excluding hydrogens is 402 g/mol. The Kier molecular flexibility index (Phi) is 6.03. The van der Waals surface area contributed by atoms with Gasteiger partial charge in [0.1, 0.15) is 5.75 Å². The summed E-state index contributed by atoms with van der Waals surface area (Å²) in [4.78, 5) is 25.9. The van der Waals surface area contributed by atoms with E-state index in [2.05, 4.69) is 10.7 Å². The molecule has 0 radical (unpaired) electrons. The van der Waals surface area contributed by atoms with Gasteiger partial charge in [-0.15, -0.1) is 10.1 Å². The van der Waals surface area contributed by atoms with Crippen molar-refractivity contribution >= 4 is 18.0 Å². The maximum atomic E-state index is 13.0. The van der Waals surface area contributed by atoms with E-state index in [0.717, 1.165) is 28.0 Å². The number of nitrogens with zero attached hydrogens (tertiary/aromatic N) is 1. The van der Waals surface area contributed by atoms with Gasteiger partial charge in [0.15, 0.2) is 6.04 Å². The van der Waals surface area contributed by atoms with Gasteiger partial charge in [0, 0.05) is 16.7 Å². The van der Waals surface area contributed by atoms with E-state index in [0.29, 0.717) is 5.56 Å². The van der Waals surface area contributed by atoms with Crippen LogP contribution in [0, 0.1) is 13.8 Å². The molecule has 0 aromatic heterocycles. The molecule has 162 valence electrons. The van der Waals surface area contributed by atoms with Crippen molar-refractivity contribution in [3.63, 3.8) is 0 Å². The molecule has 1 heterocycles. The van der Waals surface area contributed by atoms with E-state index in [1.165, 1.54) is 0 Å². The molecule has 32 heavy (non-hydrogen) atoms. The molecule has 4 rings (SSSR count). The molecule has 6 heteroatoms. The summed E-state index contributed by atoms with van der Waals surface area (Å²) in [5, 5.41) is 2.93. The Morgan fingerprint density at radius 1 is 1.00 bits per heavy atom. The number of amides is 2. The molecule has 0 unspecified atom stereocenters. The first-order valence-electron chi connectivity index (χ1n) is 10.5. The third-order valence-corrected chi connectivity index (χ3v) is 5.53. The number of ether oxygens (including phenoxy) is 1. The second kappa shape index (κ2) is 9.06. The van der Waals surface area contributed by atoms with Crippen LogP contribution in [0.15, 0.2) is 72.8 Å². The predicted molar refractivity (Wildman–Crippen MR) is 123 cm³/mol. The Morgan fingerprint density at radius 2 is 1.72 bits per heavy atom. The topological polar surface area (TPSA) is 70.4 Å². The van der Waals surface area contributed by atoms with Crippen LogP contribution in [-0.2, 0) is 4.79 Å². The van der Waals surface area contributed by atoms with Gasteiger partial charge >= 0.3 is 5.91 Å². The maximum absolute atomic E-state index is 13.0. The van der Waals surface area contributed by atoms with Crippen molar-refractivity contribution < 1.29 is 19.0 Å². The van der Waals surface area contributed by atoms with Gasteiger partial charge in [0.25, 0.3) is 5.91 Å². The number of carbonyl (C=O) groups is 2. The molecule has 3 aromatic carbocycles. The van der Waals surface area contributed by atoms with Gasteiger partial charge < -0.3 is 10.1 Å². The molecule has 0 saturated carbocycles. The fourth-order valence-electron chi connectivity index (χ4n) is 3.81. The molecule has 1 saturated heterocycles. The third kappa shape index (κ3) is 4.54. The van der Waals surface area contributed by atoms with Gasteiger partial charge in [-0.05, 0) is 62.4 Å². The minimum atomic E-state index is -0.766. The molecular formula is C26H26N3O3+. The smallest absolute Gasteiger partial charge is 0.304 e. The Balaban J connectivity index is 1.70. The number of methoxy groups -OCH3 is 1. The number of hydrogen-bond acceptors (Lipinski definition) is 3. The number of hydrazone groups is 1. The average Bonchev–Trinajstić information content (AvgIpc) is 3.09. The molecule has 1 aliphatic rings. The summed E-state index contributed by atoms with van der Waals surface area (Å²) < 4.78 is 7.03. The number of carbonyl (C=O) groups excluding carboxylic acids is 2. The Bertz CT molecular complexity index is 1170. The number of hydrazine groups is 1. The summed E-state index contributed by atoms with van der Waals surface area (Å²) in [5.74, 6) is 0.167. The Labute approximate surface area is 187 Å². The lowest BCUT2D eigenvalue weighted by atomic mass is 9.99. The van der Waals surface area contributed by atoms with E-state index >= 15 is 0 Å². The van der Waals surface area contributed by atoms with Crippen LogP contribution >= 0.6 is 0 Å². The molecule has 1 fully saturated rings. The Hall–Kier alpha value is -3.93. The molecule has 2 amide bonds. The number of nitrogens with one attached hydrogen (secondary N) is 2. The van der Waals surface area contributed by atoms with Crippen LogP contribution in [0.3, 0.4) is 0 Å². The first-order valence-corrected chi connectivity index (χ1v) is 10.5. The zero-order valence-corrected chi connectivity index (χ0v) is 18.3. The molecule has 0 spiro atoms. The lowest BCUT2D eigenvalue weighted by Crippen LogP contribution is -2.42. The zero-order valence-electron chi connectivity index (χ0n) is 18.3. The van der Waals surface area contributed by atoms with Gasteiger partial charge in [0.2, 0.25) is 12.3 Å². The van der Waals surface area contributed by atoms with E-state index in [-0.39, 0.29) is 11.8 Å². The second-order valence-corrected chi connectivity index (χ2v) is 7.96. The van der Waals surface area contributed by atoms with Crippen LogP contribution in [0.4, 0.5) is 0 Å². The number of hydrogen-bond donors (Lipinski definition) is 2. The number of rotatable bonds is 5. The van der Waals surface area contributed by atoms with Gasteiger partial charge in [-0.25, -0.2) is 0 Å². The normalized spacial score (nSPS) is 19.0. The molecule has 1 aliphatic heterocycles. The standard InChI is InChI=1S/C26H25N3O3/c1-17-7-9-19(10-8-17)16-29-24(20-11-13-22(32-3)14-12-20)23(26(31)28-29)27-25(30)21-6-4-5-18(2)15-21/h4-16,23-24H,1-3H3,(H-,27,28,30,31)/p+1/b29-16-/t23-,24+/m0/s1. The molecule has 0 aliphatic carbocycles. The van der Waals surface area contributed by atoms with Crippen LogP contribution < -0.4 is 15.5 Å². The minimum absolute atomic E-state index is 0.268. The molecule has 2 atom stereocenters. The van der Waals surface area contributed by atoms with E-state index in [1.807, 2.05) is 80.7 Å². The zero-order chi connectivity index (χ0) is 22.7. The summed E-state index contributed by atoms with van der Waals surface area (Å²) in [7, 11) is 1.61. The van der Waals surface area contributed by atoms with Crippen molar-refractivity contribution in [1.29, 1.82) is 0 Å². The summed E-state index contributed by atoms with van der Waals surface area (Å²) in [6, 6.07) is 21.6. The molecule has 3 aromatic rings. The quantitative estimate of drug-likeness (QED) is 0.613. The number of benzene rings is 3. The SMILES string of the molecule is COc1ccc([C@@H]2[C@H](NC(=O)c3cccc(C)c3)C(=O)N/[N+]2=C\c2ccc(C)cc2)cc1. The van der Waals surface area contributed by atoms with Gasteiger partial charge in [-0.1, -0.05) is 35.4 Å². The first kappa shape index (κ1) is 21.3. The monoisotopic (exact) mass is 428 g/mol. The van der Waals surface area contributed by atoms with E-state index < -0.39 is 12.1 Å². The van der Waals surface area contributed by atoms with Crippen molar-refractivity contribution in [3.8, 4) is 5.75 Å². The number of aryl methyl sites for hydroxylation is 2. The third-order valence-electron chi connectivity index (χ3n) is 5.53. The van der Waals surface area contributed by atoms with Crippen molar-refractivity contribution in [2.75, 3.05) is 7.11 Å². The van der Waals surface area contributed by atoms with E-state index in [1.54, 1.807) is 23.9 Å². The minimum Gasteiger partial charge on any atom is -0.497 e. The van der Waals surface area contributed by atoms with Crippen LogP contribution in [0.5, 0.6) is 5.75 Å². The maximum Gasteiger partial charge on any atom is 0.304 e. The Morgan fingerprint density at radius 3 is 2.38 bits per heavy atom. The van der Waals surface area contributed by atoms with Gasteiger partial charge in [-0.2, -0.15) is 0 Å². The summed E-state index contributed by atoms with van der Waals surface area (Å²) >= 11 is 0. The largest absolute Gasteiger partial charge is 0.497 e. The van der Waals surface area contributed by atoms with E-state index in [9.17, 15) is 9.59 Å². The van der Waals surface area contributed by atoms with Crippen molar-refractivity contribution in [1.82, 2.24) is 10.7 Å². The van der Waals surface area contributed by atoms with Crippen LogP contribution in [0.25, 0.3) is 0 Å². The lowest BCUT2D eigenvalue weighted by Gasteiger charge is -2.15. The summed E-state index contributed by atoms with van der Waals surface area (Å²) in [6.45, 7) is 3.95. The predicted octanol–water partition coefficient (Wildman–Crippen LogP) is 3.33. The molecule has 6 nitrogen and oxygen atoms in total. The highest BCUT2D eigenvalue weighted by atomic mass is 16.5. The van der Waals surface area contributed by atoms with Crippen LogP contribution in [-0.4, -0.2) is 35.9 Å². The van der Waals surface area contributed by atoms with Crippen LogP contribution in [0.2, 0.25) is 0 Å². The van der Waals surface area contributed by atoms with Crippen molar-refractivity contribution in [3.05, 3.63) is 101 Å². The van der Waals surface area contributed by atoms with Crippen molar-refractivity contribution in [2.24, 2.45) is 0 Å². The first-order chi connectivity index (χ1) is 15.4. The molecule has 0 bridgehead atoms. The van der Waals surface area contributed by atoms with E-state index in [4.69, 9.17) is 4.74 Å². The highest BCUT2D eigenvalue weighted by Gasteiger charge is 2.47. The van der Waals surface area contributed by atoms with Gasteiger partial charge in [-0.3, -0.25) is 9.59 Å². The lowest BCUT2D eigenvalue weighted by molar-refractivity contribution is -0.596. The summed E-state index contributed by atoms with van der Waals surface area (Å²) in [5.41, 5.74) is 7.38.